The van der Waals surface area contributed by atoms with Crippen LogP contribution in [0.15, 0.2) is 78.9 Å². The van der Waals surface area contributed by atoms with Crippen LogP contribution in [0.1, 0.15) is 53.0 Å². The SMILES string of the molecule is CC(Cc1ccccc1)NCC1CC2c3ccccc3C1c1ccccc12. The molecule has 2 unspecified atom stereocenters. The molecule has 2 bridgehead atoms. The highest BCUT2D eigenvalue weighted by Crippen LogP contribution is 2.55. The van der Waals surface area contributed by atoms with E-state index in [1.54, 1.807) is 22.3 Å². The second kappa shape index (κ2) is 6.98. The van der Waals surface area contributed by atoms with Crippen molar-refractivity contribution >= 4 is 0 Å². The van der Waals surface area contributed by atoms with Crippen molar-refractivity contribution < 1.29 is 0 Å². The summed E-state index contributed by atoms with van der Waals surface area (Å²) in [7, 11) is 0. The van der Waals surface area contributed by atoms with Gasteiger partial charge in [-0.25, -0.2) is 0 Å². The van der Waals surface area contributed by atoms with Crippen LogP contribution in [0.2, 0.25) is 0 Å². The highest BCUT2D eigenvalue weighted by molar-refractivity contribution is 5.55. The van der Waals surface area contributed by atoms with E-state index >= 15 is 0 Å². The Labute approximate surface area is 162 Å². The molecule has 0 aromatic heterocycles. The number of nitrogens with one attached hydrogen (secondary N) is 1. The molecule has 1 N–H and O–H groups in total. The summed E-state index contributed by atoms with van der Waals surface area (Å²) in [5.74, 6) is 1.79. The zero-order chi connectivity index (χ0) is 18.2. The Bertz CT molecular complexity index is 882. The Kier molecular flexibility index (Phi) is 4.33. The molecule has 1 nitrogen and oxygen atoms in total. The van der Waals surface area contributed by atoms with Gasteiger partial charge in [-0.1, -0.05) is 78.9 Å². The van der Waals surface area contributed by atoms with Crippen molar-refractivity contribution in [2.45, 2.75) is 37.6 Å². The molecule has 1 heteroatoms. The van der Waals surface area contributed by atoms with Crippen molar-refractivity contribution in [3.8, 4) is 0 Å². The highest BCUT2D eigenvalue weighted by atomic mass is 14.9. The van der Waals surface area contributed by atoms with Gasteiger partial charge in [-0.3, -0.25) is 0 Å². The summed E-state index contributed by atoms with van der Waals surface area (Å²) >= 11 is 0. The lowest BCUT2D eigenvalue weighted by Gasteiger charge is -2.46. The Morgan fingerprint density at radius 1 is 0.778 bits per heavy atom. The van der Waals surface area contributed by atoms with E-state index in [1.165, 1.54) is 12.0 Å². The lowest BCUT2D eigenvalue weighted by molar-refractivity contribution is 0.326. The maximum Gasteiger partial charge on any atom is 0.0136 e. The summed E-state index contributed by atoms with van der Waals surface area (Å²) in [6.07, 6.45) is 2.36. The first-order chi connectivity index (χ1) is 13.3. The number of fused-ring (bicyclic) bond motifs is 1. The van der Waals surface area contributed by atoms with Gasteiger partial charge in [0, 0.05) is 17.9 Å². The molecule has 0 heterocycles. The summed E-state index contributed by atoms with van der Waals surface area (Å²) in [4.78, 5) is 0. The lowest BCUT2D eigenvalue weighted by Crippen LogP contribution is -2.40. The van der Waals surface area contributed by atoms with E-state index in [0.29, 0.717) is 23.8 Å². The largest absolute Gasteiger partial charge is 0.314 e. The van der Waals surface area contributed by atoms with E-state index in [9.17, 15) is 0 Å². The van der Waals surface area contributed by atoms with Crippen LogP contribution in [-0.4, -0.2) is 12.6 Å². The molecule has 0 fully saturated rings. The topological polar surface area (TPSA) is 12.0 Å². The van der Waals surface area contributed by atoms with Gasteiger partial charge in [0.25, 0.3) is 0 Å². The zero-order valence-corrected chi connectivity index (χ0v) is 15.9. The molecule has 6 rings (SSSR count). The maximum absolute atomic E-state index is 3.85. The first kappa shape index (κ1) is 16.8. The average molecular weight is 354 g/mol. The van der Waals surface area contributed by atoms with Crippen molar-refractivity contribution in [3.63, 3.8) is 0 Å². The molecule has 2 atom stereocenters. The second-order valence-electron chi connectivity index (χ2n) is 8.28. The van der Waals surface area contributed by atoms with E-state index in [4.69, 9.17) is 0 Å². The van der Waals surface area contributed by atoms with E-state index in [2.05, 4.69) is 91.1 Å². The molecular weight excluding hydrogens is 326 g/mol. The van der Waals surface area contributed by atoms with Crippen LogP contribution < -0.4 is 5.32 Å². The standard InChI is InChI=1S/C26H27N/c1-18(15-19-9-3-2-4-10-19)27-17-20-16-25-21-11-5-7-13-23(21)26(20)24-14-8-6-12-22(24)25/h2-14,18,20,25-27H,15-17H2,1H3. The van der Waals surface area contributed by atoms with Crippen LogP contribution in [-0.2, 0) is 6.42 Å². The average Bonchev–Trinajstić information content (AvgIpc) is 2.73. The van der Waals surface area contributed by atoms with Gasteiger partial charge in [0.1, 0.15) is 0 Å². The van der Waals surface area contributed by atoms with Gasteiger partial charge >= 0.3 is 0 Å². The van der Waals surface area contributed by atoms with Crippen molar-refractivity contribution in [1.29, 1.82) is 0 Å². The van der Waals surface area contributed by atoms with Crippen LogP contribution in [0.5, 0.6) is 0 Å². The number of rotatable bonds is 5. The molecule has 0 radical (unpaired) electrons. The Morgan fingerprint density at radius 3 is 1.96 bits per heavy atom. The predicted molar refractivity (Wildman–Crippen MR) is 112 cm³/mol. The molecule has 0 amide bonds. The van der Waals surface area contributed by atoms with Gasteiger partial charge in [0.05, 0.1) is 0 Å². The van der Waals surface area contributed by atoms with Crippen LogP contribution >= 0.6 is 0 Å². The Balaban J connectivity index is 1.36. The molecule has 3 aliphatic rings. The molecule has 0 aliphatic heterocycles. The second-order valence-corrected chi connectivity index (χ2v) is 8.28. The third-order valence-electron chi connectivity index (χ3n) is 6.54. The van der Waals surface area contributed by atoms with Crippen LogP contribution in [0, 0.1) is 5.92 Å². The van der Waals surface area contributed by atoms with Crippen LogP contribution in [0.4, 0.5) is 0 Å². The fourth-order valence-electron chi connectivity index (χ4n) is 5.35. The summed E-state index contributed by atoms with van der Waals surface area (Å²) in [6, 6.07) is 29.6. The van der Waals surface area contributed by atoms with Gasteiger partial charge < -0.3 is 5.32 Å². The number of hydrogen-bond acceptors (Lipinski definition) is 1. The predicted octanol–water partition coefficient (Wildman–Crippen LogP) is 5.50. The lowest BCUT2D eigenvalue weighted by atomic mass is 9.59. The monoisotopic (exact) mass is 353 g/mol. The minimum Gasteiger partial charge on any atom is -0.314 e. The smallest absolute Gasteiger partial charge is 0.0136 e. The molecule has 0 saturated heterocycles. The van der Waals surface area contributed by atoms with Crippen LogP contribution in [0.3, 0.4) is 0 Å². The third-order valence-corrected chi connectivity index (χ3v) is 6.54. The Hall–Kier alpha value is -2.38. The summed E-state index contributed by atoms with van der Waals surface area (Å²) in [5.41, 5.74) is 7.67. The van der Waals surface area contributed by atoms with Gasteiger partial charge in [-0.15, -0.1) is 0 Å². The fraction of sp³-hybridized carbons (Fsp3) is 0.308. The summed E-state index contributed by atoms with van der Waals surface area (Å²) in [5, 5.41) is 3.85. The van der Waals surface area contributed by atoms with E-state index in [-0.39, 0.29) is 0 Å². The Morgan fingerprint density at radius 2 is 1.33 bits per heavy atom. The van der Waals surface area contributed by atoms with Gasteiger partial charge in [0.15, 0.2) is 0 Å². The van der Waals surface area contributed by atoms with E-state index < -0.39 is 0 Å². The molecule has 27 heavy (non-hydrogen) atoms. The molecular formula is C26H27N. The first-order valence-corrected chi connectivity index (χ1v) is 10.3. The van der Waals surface area contributed by atoms with E-state index in [1.807, 2.05) is 0 Å². The van der Waals surface area contributed by atoms with Crippen molar-refractivity contribution in [2.75, 3.05) is 6.54 Å². The minimum absolute atomic E-state index is 0.498. The quantitative estimate of drug-likeness (QED) is 0.638. The van der Waals surface area contributed by atoms with Crippen molar-refractivity contribution in [2.24, 2.45) is 5.92 Å². The summed E-state index contributed by atoms with van der Waals surface area (Å²) in [6.45, 7) is 3.41. The number of benzene rings is 3. The highest BCUT2D eigenvalue weighted by Gasteiger charge is 2.42. The fourth-order valence-corrected chi connectivity index (χ4v) is 5.35. The van der Waals surface area contributed by atoms with Gasteiger partial charge in [-0.05, 0) is 60.0 Å². The zero-order valence-electron chi connectivity index (χ0n) is 15.9. The molecule has 0 saturated carbocycles. The molecule has 3 aromatic rings. The van der Waals surface area contributed by atoms with Gasteiger partial charge in [0.2, 0.25) is 0 Å². The number of hydrogen-bond donors (Lipinski definition) is 1. The van der Waals surface area contributed by atoms with Gasteiger partial charge in [-0.2, -0.15) is 0 Å². The van der Waals surface area contributed by atoms with E-state index in [0.717, 1.165) is 13.0 Å². The molecule has 3 aromatic carbocycles. The third kappa shape index (κ3) is 3.00. The first-order valence-electron chi connectivity index (χ1n) is 10.3. The minimum atomic E-state index is 0.498. The van der Waals surface area contributed by atoms with Crippen molar-refractivity contribution in [3.05, 3.63) is 107 Å². The summed E-state index contributed by atoms with van der Waals surface area (Å²) < 4.78 is 0. The molecule has 0 spiro atoms. The van der Waals surface area contributed by atoms with Crippen molar-refractivity contribution in [1.82, 2.24) is 5.32 Å². The maximum atomic E-state index is 3.85. The molecule has 136 valence electrons. The normalized spacial score (nSPS) is 23.5. The van der Waals surface area contributed by atoms with Crippen LogP contribution in [0.25, 0.3) is 0 Å². The molecule has 3 aliphatic carbocycles.